The van der Waals surface area contributed by atoms with Gasteiger partial charge in [0.2, 0.25) is 0 Å². The van der Waals surface area contributed by atoms with Crippen LogP contribution in [0.15, 0.2) is 65.2 Å². The highest BCUT2D eigenvalue weighted by Gasteiger charge is 2.33. The number of rotatable bonds is 5. The van der Waals surface area contributed by atoms with Crippen molar-refractivity contribution >= 4 is 11.6 Å². The summed E-state index contributed by atoms with van der Waals surface area (Å²) < 4.78 is 5.48. The monoisotopic (exact) mass is 382 g/mol. The van der Waals surface area contributed by atoms with E-state index in [0.29, 0.717) is 6.42 Å². The number of aliphatic hydroxyl groups is 1. The normalized spacial score (nSPS) is 17.1. The average molecular weight is 383 g/mol. The van der Waals surface area contributed by atoms with Crippen LogP contribution in [0.4, 0.5) is 0 Å². The molecule has 0 spiro atoms. The predicted molar refractivity (Wildman–Crippen MR) is 107 cm³/mol. The summed E-state index contributed by atoms with van der Waals surface area (Å²) in [5.41, 5.74) is 2.30. The summed E-state index contributed by atoms with van der Waals surface area (Å²) >= 11 is 6.07. The van der Waals surface area contributed by atoms with E-state index in [-0.39, 0.29) is 0 Å². The molecule has 0 atom stereocenters. The number of benzene rings is 2. The first kappa shape index (κ1) is 18.2. The molecule has 1 aliphatic rings. The van der Waals surface area contributed by atoms with Gasteiger partial charge in [0.15, 0.2) is 0 Å². The number of piperidine rings is 1. The highest BCUT2D eigenvalue weighted by atomic mass is 35.5. The van der Waals surface area contributed by atoms with Crippen LogP contribution in [-0.2, 0) is 13.0 Å². The van der Waals surface area contributed by atoms with Crippen molar-refractivity contribution in [3.8, 4) is 11.3 Å². The predicted octanol–water partition coefficient (Wildman–Crippen LogP) is 4.56. The van der Waals surface area contributed by atoms with E-state index in [1.54, 1.807) is 0 Å². The molecular formula is C22H23ClN2O2. The van der Waals surface area contributed by atoms with Crippen LogP contribution in [0.1, 0.15) is 24.2 Å². The third-order valence-corrected chi connectivity index (χ3v) is 5.45. The van der Waals surface area contributed by atoms with Gasteiger partial charge >= 0.3 is 0 Å². The van der Waals surface area contributed by atoms with Crippen LogP contribution in [0.3, 0.4) is 0 Å². The number of likely N-dealkylation sites (tertiary alicyclic amines) is 1. The summed E-state index contributed by atoms with van der Waals surface area (Å²) in [7, 11) is 0. The number of aromatic nitrogens is 1. The third-order valence-electron chi connectivity index (χ3n) is 5.21. The van der Waals surface area contributed by atoms with Crippen LogP contribution in [0, 0.1) is 0 Å². The van der Waals surface area contributed by atoms with Gasteiger partial charge in [-0.25, -0.2) is 0 Å². The maximum atomic E-state index is 11.0. The minimum atomic E-state index is -0.738. The number of hydrogen-bond acceptors (Lipinski definition) is 4. The van der Waals surface area contributed by atoms with Crippen LogP contribution in [0.2, 0.25) is 5.02 Å². The SMILES string of the molecule is OC1(Cc2cc(-c3ccccc3)no2)CCN(Cc2cccc(Cl)c2)CC1. The Morgan fingerprint density at radius 1 is 1.04 bits per heavy atom. The lowest BCUT2D eigenvalue weighted by molar-refractivity contribution is -0.0265. The summed E-state index contributed by atoms with van der Waals surface area (Å²) in [6.07, 6.45) is 1.93. The first-order valence-electron chi connectivity index (χ1n) is 9.30. The van der Waals surface area contributed by atoms with Gasteiger partial charge in [-0.1, -0.05) is 59.2 Å². The molecule has 2 aromatic carbocycles. The van der Waals surface area contributed by atoms with E-state index in [1.807, 2.05) is 54.6 Å². The Bertz CT molecular complexity index is 886. The Balaban J connectivity index is 1.35. The molecule has 0 bridgehead atoms. The standard InChI is InChI=1S/C22H23ClN2O2/c23-19-8-4-5-17(13-19)16-25-11-9-22(26,10-12-25)15-20-14-21(24-27-20)18-6-2-1-3-7-18/h1-8,13-14,26H,9-12,15-16H2. The van der Waals surface area contributed by atoms with E-state index in [0.717, 1.165) is 54.5 Å². The summed E-state index contributed by atoms with van der Waals surface area (Å²) in [5.74, 6) is 0.736. The molecule has 5 heteroatoms. The number of hydrogen-bond donors (Lipinski definition) is 1. The molecule has 1 aliphatic heterocycles. The van der Waals surface area contributed by atoms with Crippen molar-refractivity contribution in [3.05, 3.63) is 77.0 Å². The molecule has 1 fully saturated rings. The van der Waals surface area contributed by atoms with Crippen LogP contribution in [0.5, 0.6) is 0 Å². The molecule has 3 aromatic rings. The molecule has 2 heterocycles. The van der Waals surface area contributed by atoms with Gasteiger partial charge in [0.1, 0.15) is 11.5 Å². The largest absolute Gasteiger partial charge is 0.389 e. The average Bonchev–Trinajstić information content (AvgIpc) is 3.13. The maximum absolute atomic E-state index is 11.0. The van der Waals surface area contributed by atoms with Crippen molar-refractivity contribution in [1.29, 1.82) is 0 Å². The fraction of sp³-hybridized carbons (Fsp3) is 0.318. The first-order valence-corrected chi connectivity index (χ1v) is 9.68. The minimum absolute atomic E-state index is 0.498. The van der Waals surface area contributed by atoms with Gasteiger partial charge in [-0.3, -0.25) is 4.90 Å². The first-order chi connectivity index (χ1) is 13.1. The molecule has 0 saturated carbocycles. The Labute approximate surface area is 164 Å². The lowest BCUT2D eigenvalue weighted by Crippen LogP contribution is -2.45. The second kappa shape index (κ2) is 7.85. The second-order valence-electron chi connectivity index (χ2n) is 7.35. The van der Waals surface area contributed by atoms with Crippen molar-refractivity contribution in [2.24, 2.45) is 0 Å². The fourth-order valence-corrected chi connectivity index (χ4v) is 3.88. The summed E-state index contributed by atoms with van der Waals surface area (Å²) in [4.78, 5) is 2.36. The molecule has 1 aromatic heterocycles. The van der Waals surface area contributed by atoms with Crippen molar-refractivity contribution in [3.63, 3.8) is 0 Å². The number of halogens is 1. The van der Waals surface area contributed by atoms with Gasteiger partial charge in [-0.05, 0) is 30.5 Å². The van der Waals surface area contributed by atoms with Crippen molar-refractivity contribution in [2.75, 3.05) is 13.1 Å². The van der Waals surface area contributed by atoms with Crippen LogP contribution < -0.4 is 0 Å². The van der Waals surface area contributed by atoms with Gasteiger partial charge in [0.25, 0.3) is 0 Å². The van der Waals surface area contributed by atoms with Crippen LogP contribution in [-0.4, -0.2) is 33.9 Å². The molecule has 140 valence electrons. The molecule has 1 saturated heterocycles. The lowest BCUT2D eigenvalue weighted by atomic mass is 9.87. The van der Waals surface area contributed by atoms with Crippen LogP contribution in [0.25, 0.3) is 11.3 Å². The lowest BCUT2D eigenvalue weighted by Gasteiger charge is -2.37. The van der Waals surface area contributed by atoms with E-state index >= 15 is 0 Å². The fourth-order valence-electron chi connectivity index (χ4n) is 3.66. The Morgan fingerprint density at radius 2 is 1.81 bits per heavy atom. The number of nitrogens with zero attached hydrogens (tertiary/aromatic N) is 2. The quantitative estimate of drug-likeness (QED) is 0.702. The van der Waals surface area contributed by atoms with Gasteiger partial charge in [0.05, 0.1) is 5.60 Å². The Hall–Kier alpha value is -2.14. The van der Waals surface area contributed by atoms with Crippen molar-refractivity contribution < 1.29 is 9.63 Å². The van der Waals surface area contributed by atoms with Crippen LogP contribution >= 0.6 is 11.6 Å². The van der Waals surface area contributed by atoms with Gasteiger partial charge in [-0.2, -0.15) is 0 Å². The van der Waals surface area contributed by atoms with Gasteiger partial charge in [0, 0.05) is 42.7 Å². The Kier molecular flexibility index (Phi) is 5.30. The zero-order valence-electron chi connectivity index (χ0n) is 15.1. The topological polar surface area (TPSA) is 49.5 Å². The maximum Gasteiger partial charge on any atom is 0.140 e. The molecule has 0 amide bonds. The Morgan fingerprint density at radius 3 is 2.56 bits per heavy atom. The molecule has 0 aliphatic carbocycles. The molecule has 4 nitrogen and oxygen atoms in total. The van der Waals surface area contributed by atoms with Gasteiger partial charge in [-0.15, -0.1) is 0 Å². The van der Waals surface area contributed by atoms with Crippen molar-refractivity contribution in [2.45, 2.75) is 31.4 Å². The molecule has 0 unspecified atom stereocenters. The zero-order valence-corrected chi connectivity index (χ0v) is 15.9. The van der Waals surface area contributed by atoms with E-state index < -0.39 is 5.60 Å². The molecule has 1 N–H and O–H groups in total. The minimum Gasteiger partial charge on any atom is -0.389 e. The highest BCUT2D eigenvalue weighted by Crippen LogP contribution is 2.29. The van der Waals surface area contributed by atoms with E-state index in [1.165, 1.54) is 5.56 Å². The summed E-state index contributed by atoms with van der Waals surface area (Å²) in [5, 5.41) is 15.9. The summed E-state index contributed by atoms with van der Waals surface area (Å²) in [6.45, 7) is 2.56. The molecular weight excluding hydrogens is 360 g/mol. The zero-order chi connectivity index (χ0) is 18.7. The highest BCUT2D eigenvalue weighted by molar-refractivity contribution is 6.30. The smallest absolute Gasteiger partial charge is 0.140 e. The van der Waals surface area contributed by atoms with Gasteiger partial charge < -0.3 is 9.63 Å². The van der Waals surface area contributed by atoms with E-state index in [4.69, 9.17) is 16.1 Å². The second-order valence-corrected chi connectivity index (χ2v) is 7.79. The molecule has 0 radical (unpaired) electrons. The van der Waals surface area contributed by atoms with Crippen molar-refractivity contribution in [1.82, 2.24) is 10.1 Å². The molecule has 4 rings (SSSR count). The third kappa shape index (κ3) is 4.59. The van der Waals surface area contributed by atoms with E-state index in [9.17, 15) is 5.11 Å². The van der Waals surface area contributed by atoms with E-state index in [2.05, 4.69) is 16.1 Å². The molecule has 27 heavy (non-hydrogen) atoms. The summed E-state index contributed by atoms with van der Waals surface area (Å²) in [6, 6.07) is 19.8.